The van der Waals surface area contributed by atoms with Gasteiger partial charge in [-0.25, -0.2) is 4.57 Å². The fraction of sp³-hybridized carbons (Fsp3) is 0.702. The van der Waals surface area contributed by atoms with Crippen LogP contribution in [0.4, 0.5) is 0 Å². The molecule has 0 bridgehead atoms. The molecule has 0 aromatic heterocycles. The van der Waals surface area contributed by atoms with E-state index in [-0.39, 0.29) is 19.3 Å². The largest absolute Gasteiger partial charge is 0.469 e. The number of hydrogen-bond acceptors (Lipinski definition) is 7. The van der Waals surface area contributed by atoms with E-state index in [0.717, 1.165) is 51.4 Å². The highest BCUT2D eigenvalue weighted by Gasteiger charge is 2.23. The Hall–Kier alpha value is -2.55. The van der Waals surface area contributed by atoms with Gasteiger partial charge >= 0.3 is 19.8 Å². The van der Waals surface area contributed by atoms with Gasteiger partial charge in [0.05, 0.1) is 12.7 Å². The van der Waals surface area contributed by atoms with Crippen molar-refractivity contribution >= 4 is 19.8 Å². The summed E-state index contributed by atoms with van der Waals surface area (Å²) >= 11 is 0. The highest BCUT2D eigenvalue weighted by Crippen LogP contribution is 2.36. The molecule has 3 N–H and O–H groups in total. The maximum atomic E-state index is 12.4. The number of aliphatic hydroxyl groups excluding tert-OH is 1. The summed E-state index contributed by atoms with van der Waals surface area (Å²) in [4.78, 5) is 42.9. The van der Waals surface area contributed by atoms with Crippen molar-refractivity contribution in [1.82, 2.24) is 0 Å². The summed E-state index contributed by atoms with van der Waals surface area (Å²) < 4.78 is 26.3. The Bertz CT molecular complexity index is 1170. The van der Waals surface area contributed by atoms with Gasteiger partial charge in [-0.05, 0) is 44.9 Å². The predicted molar refractivity (Wildman–Crippen MR) is 236 cm³/mol. The molecule has 0 heterocycles. The summed E-state index contributed by atoms with van der Waals surface area (Å²) in [6.07, 6.45) is 51.0. The first kappa shape index (κ1) is 54.5. The minimum absolute atomic E-state index is 0.0868. The highest BCUT2D eigenvalue weighted by atomic mass is 31.2. The van der Waals surface area contributed by atoms with Crippen LogP contribution in [0.1, 0.15) is 187 Å². The minimum Gasteiger partial charge on any atom is -0.462 e. The third-order valence-electron chi connectivity index (χ3n) is 9.36. The molecule has 2 atom stereocenters. The van der Waals surface area contributed by atoms with E-state index in [9.17, 15) is 19.3 Å². The van der Waals surface area contributed by atoms with Crippen LogP contribution in [-0.4, -0.2) is 52.3 Å². The van der Waals surface area contributed by atoms with E-state index in [1.165, 1.54) is 96.3 Å². The number of carbonyl (C=O) groups is 2. The second kappa shape index (κ2) is 41.6. The van der Waals surface area contributed by atoms with E-state index in [0.29, 0.717) is 6.42 Å². The number of aliphatic hydroxyl groups is 1. The maximum Gasteiger partial charge on any atom is 0.469 e. The molecule has 1 unspecified atom stereocenters. The standard InChI is InChI=1S/C47H81O9P/c1-3-5-7-9-11-13-15-17-19-21-22-23-25-27-29-31-33-35-37-39-47(50)56-45(43-55-57(51,52)53)42-54-46(49)41-40-44(48)38-36-34-32-30-28-26-24-20-18-16-14-12-10-8-6-4-2/h6,8,12,14,18,20,26,28,32,34,36,38,44-45,48H,3-5,7,9-11,13,15-17,19,21-25,27,29-31,33,35,37,39-43H2,1-2H3,(H2,51,52,53)/b8-6-,14-12-,20-18-,28-26-,34-32-,38-36-/t44?,45-/m1/s1. The Morgan fingerprint density at radius 3 is 1.44 bits per heavy atom. The zero-order valence-corrected chi connectivity index (χ0v) is 36.7. The molecule has 0 aliphatic heterocycles. The Morgan fingerprint density at radius 2 is 0.982 bits per heavy atom. The molecule has 0 rings (SSSR count). The van der Waals surface area contributed by atoms with E-state index in [2.05, 4.69) is 67.0 Å². The van der Waals surface area contributed by atoms with Crippen LogP contribution in [0.15, 0.2) is 72.9 Å². The number of phosphoric acid groups is 1. The second-order valence-corrected chi connectivity index (χ2v) is 16.1. The molecule has 0 aliphatic carbocycles. The van der Waals surface area contributed by atoms with E-state index >= 15 is 0 Å². The van der Waals surface area contributed by atoms with Gasteiger partial charge in [0.1, 0.15) is 6.61 Å². The summed E-state index contributed by atoms with van der Waals surface area (Å²) in [7, 11) is -4.81. The summed E-state index contributed by atoms with van der Waals surface area (Å²) in [6, 6.07) is 0. The van der Waals surface area contributed by atoms with Gasteiger partial charge in [0.15, 0.2) is 6.10 Å². The van der Waals surface area contributed by atoms with Crippen LogP contribution < -0.4 is 0 Å². The van der Waals surface area contributed by atoms with Gasteiger partial charge in [-0.2, -0.15) is 0 Å². The molecular weight excluding hydrogens is 739 g/mol. The number of allylic oxidation sites excluding steroid dienone is 11. The van der Waals surface area contributed by atoms with Crippen molar-refractivity contribution < 1.29 is 43.0 Å². The monoisotopic (exact) mass is 821 g/mol. The van der Waals surface area contributed by atoms with Crippen molar-refractivity contribution in [3.05, 3.63) is 72.9 Å². The van der Waals surface area contributed by atoms with Crippen LogP contribution in [0.25, 0.3) is 0 Å². The van der Waals surface area contributed by atoms with Crippen molar-refractivity contribution in [3.63, 3.8) is 0 Å². The van der Waals surface area contributed by atoms with Crippen LogP contribution in [0, 0.1) is 0 Å². The van der Waals surface area contributed by atoms with Gasteiger partial charge in [0, 0.05) is 12.8 Å². The zero-order valence-electron chi connectivity index (χ0n) is 35.8. The summed E-state index contributed by atoms with van der Waals surface area (Å²) in [6.45, 7) is 3.38. The predicted octanol–water partition coefficient (Wildman–Crippen LogP) is 12.8. The Balaban J connectivity index is 4.10. The molecule has 0 aliphatic rings. The molecule has 0 saturated heterocycles. The Kier molecular flexibility index (Phi) is 39.7. The molecule has 328 valence electrons. The summed E-state index contributed by atoms with van der Waals surface area (Å²) in [5.41, 5.74) is 0. The number of carbonyl (C=O) groups excluding carboxylic acids is 2. The average molecular weight is 821 g/mol. The minimum atomic E-state index is -4.81. The molecular formula is C47H81O9P. The lowest BCUT2D eigenvalue weighted by Crippen LogP contribution is -2.29. The number of rotatable bonds is 40. The smallest absolute Gasteiger partial charge is 0.462 e. The molecule has 0 aromatic rings. The number of unbranched alkanes of at least 4 members (excludes halogenated alkanes) is 18. The Morgan fingerprint density at radius 1 is 0.544 bits per heavy atom. The first-order valence-corrected chi connectivity index (χ1v) is 23.9. The molecule has 0 radical (unpaired) electrons. The van der Waals surface area contributed by atoms with E-state index < -0.39 is 45.2 Å². The average Bonchev–Trinajstić information content (AvgIpc) is 3.18. The number of phosphoric ester groups is 1. The van der Waals surface area contributed by atoms with Crippen molar-refractivity contribution in [2.75, 3.05) is 13.2 Å². The lowest BCUT2D eigenvalue weighted by molar-refractivity contribution is -0.161. The molecule has 0 fully saturated rings. The van der Waals surface area contributed by atoms with Crippen molar-refractivity contribution in [1.29, 1.82) is 0 Å². The van der Waals surface area contributed by atoms with Crippen molar-refractivity contribution in [2.45, 2.75) is 199 Å². The summed E-state index contributed by atoms with van der Waals surface area (Å²) in [5.74, 6) is -1.17. The second-order valence-electron chi connectivity index (χ2n) is 14.9. The molecule has 57 heavy (non-hydrogen) atoms. The summed E-state index contributed by atoms with van der Waals surface area (Å²) in [5, 5.41) is 10.2. The van der Waals surface area contributed by atoms with Crippen molar-refractivity contribution in [2.24, 2.45) is 0 Å². The molecule has 0 amide bonds. The van der Waals surface area contributed by atoms with Crippen LogP contribution in [0.5, 0.6) is 0 Å². The Labute approximate surface area is 347 Å². The van der Waals surface area contributed by atoms with Crippen LogP contribution in [-0.2, 0) is 28.2 Å². The zero-order chi connectivity index (χ0) is 41.9. The first-order valence-electron chi connectivity index (χ1n) is 22.3. The SMILES string of the molecule is CC/C=C\C/C=C\C/C=C\C/C=C\C/C=C\C=C/C(O)CCC(=O)OC[C@H](COP(=O)(O)O)OC(=O)CCCCCCCCCCCCCCCCCCCCC. The van der Waals surface area contributed by atoms with Gasteiger partial charge < -0.3 is 24.4 Å². The molecule has 0 aromatic carbocycles. The first-order chi connectivity index (χ1) is 27.7. The fourth-order valence-corrected chi connectivity index (χ4v) is 6.37. The van der Waals surface area contributed by atoms with E-state index in [4.69, 9.17) is 19.3 Å². The van der Waals surface area contributed by atoms with Gasteiger partial charge in [-0.3, -0.25) is 14.1 Å². The highest BCUT2D eigenvalue weighted by molar-refractivity contribution is 7.46. The van der Waals surface area contributed by atoms with Gasteiger partial charge in [0.2, 0.25) is 0 Å². The normalized spacial score (nSPS) is 13.7. The lowest BCUT2D eigenvalue weighted by Gasteiger charge is -2.18. The third-order valence-corrected chi connectivity index (χ3v) is 9.84. The number of ether oxygens (including phenoxy) is 2. The van der Waals surface area contributed by atoms with Crippen LogP contribution >= 0.6 is 7.82 Å². The third kappa shape index (κ3) is 44.4. The molecule has 0 saturated carbocycles. The van der Waals surface area contributed by atoms with Gasteiger partial charge in [-0.1, -0.05) is 202 Å². The topological polar surface area (TPSA) is 140 Å². The molecule has 9 nitrogen and oxygen atoms in total. The van der Waals surface area contributed by atoms with E-state index in [1.54, 1.807) is 12.2 Å². The lowest BCUT2D eigenvalue weighted by atomic mass is 10.0. The van der Waals surface area contributed by atoms with Crippen LogP contribution in [0.3, 0.4) is 0 Å². The maximum absolute atomic E-state index is 12.4. The van der Waals surface area contributed by atoms with Gasteiger partial charge in [-0.15, -0.1) is 0 Å². The van der Waals surface area contributed by atoms with Crippen LogP contribution in [0.2, 0.25) is 0 Å². The number of hydrogen-bond donors (Lipinski definition) is 3. The van der Waals surface area contributed by atoms with Crippen molar-refractivity contribution in [3.8, 4) is 0 Å². The van der Waals surface area contributed by atoms with Gasteiger partial charge in [0.25, 0.3) is 0 Å². The quantitative estimate of drug-likeness (QED) is 0.0181. The molecule has 0 spiro atoms. The molecule has 10 heteroatoms. The number of esters is 2. The van der Waals surface area contributed by atoms with E-state index in [1.807, 2.05) is 12.2 Å². The fourth-order valence-electron chi connectivity index (χ4n) is 6.01.